The van der Waals surface area contributed by atoms with E-state index in [1.165, 1.54) is 11.8 Å². The number of nitrogens with zero attached hydrogens (tertiary/aromatic N) is 3. The molecule has 1 atom stereocenters. The van der Waals surface area contributed by atoms with Crippen molar-refractivity contribution in [2.24, 2.45) is 0 Å². The number of rotatable bonds is 6. The Balaban J connectivity index is 1.60. The molecule has 3 aromatic rings. The Labute approximate surface area is 147 Å². The maximum absolute atomic E-state index is 10.0. The zero-order valence-electron chi connectivity index (χ0n) is 11.9. The molecule has 0 saturated carbocycles. The quantitative estimate of drug-likeness (QED) is 0.673. The van der Waals surface area contributed by atoms with Gasteiger partial charge in [0.1, 0.15) is 12.4 Å². The van der Waals surface area contributed by atoms with Crippen LogP contribution in [0.1, 0.15) is 0 Å². The second-order valence-corrected chi connectivity index (χ2v) is 6.60. The molecule has 1 aromatic carbocycles. The molecular weight excluding hydrogens is 357 g/mol. The lowest BCUT2D eigenvalue weighted by Gasteiger charge is -2.11. The van der Waals surface area contributed by atoms with Gasteiger partial charge in [0.15, 0.2) is 10.8 Å². The van der Waals surface area contributed by atoms with Crippen LogP contribution in [0.15, 0.2) is 47.8 Å². The predicted octanol–water partition coefficient (Wildman–Crippen LogP) is 3.57. The summed E-state index contributed by atoms with van der Waals surface area (Å²) in [6.07, 6.45) is 1.06. The predicted molar refractivity (Wildman–Crippen MR) is 91.7 cm³/mol. The van der Waals surface area contributed by atoms with Crippen molar-refractivity contribution >= 4 is 40.6 Å². The molecule has 5 nitrogen and oxygen atoms in total. The highest BCUT2D eigenvalue weighted by Gasteiger charge is 2.13. The largest absolute Gasteiger partial charge is 0.491 e. The van der Waals surface area contributed by atoms with Crippen molar-refractivity contribution in [3.05, 3.63) is 52.6 Å². The molecule has 0 aliphatic heterocycles. The second-order valence-electron chi connectivity index (χ2n) is 4.77. The molecule has 1 N–H and O–H groups in total. The third-order valence-electron chi connectivity index (χ3n) is 2.99. The molecule has 0 aliphatic rings. The van der Waals surface area contributed by atoms with Crippen molar-refractivity contribution in [3.63, 3.8) is 0 Å². The van der Waals surface area contributed by atoms with Gasteiger partial charge in [0.25, 0.3) is 0 Å². The standard InChI is InChI=1S/C15H13Cl2N3O2S/c16-10-6-13(17)14-18-19-15(20(14)7-10)23-9-11(21)8-22-12-4-2-1-3-5-12/h1-7,11,21H,8-9H2/t11-/m1/s1. The van der Waals surface area contributed by atoms with E-state index in [4.69, 9.17) is 27.9 Å². The monoisotopic (exact) mass is 369 g/mol. The summed E-state index contributed by atoms with van der Waals surface area (Å²) in [5.41, 5.74) is 0.536. The van der Waals surface area contributed by atoms with E-state index >= 15 is 0 Å². The van der Waals surface area contributed by atoms with E-state index in [9.17, 15) is 5.11 Å². The number of ether oxygens (including phenoxy) is 1. The number of pyridine rings is 1. The summed E-state index contributed by atoms with van der Waals surface area (Å²) in [6.45, 7) is 0.204. The number of para-hydroxylation sites is 1. The van der Waals surface area contributed by atoms with Crippen LogP contribution in [0.25, 0.3) is 5.65 Å². The van der Waals surface area contributed by atoms with E-state index in [1.807, 2.05) is 30.3 Å². The first-order valence-corrected chi connectivity index (χ1v) is 8.56. The van der Waals surface area contributed by atoms with Crippen LogP contribution >= 0.6 is 35.0 Å². The van der Waals surface area contributed by atoms with Crippen LogP contribution in [0.3, 0.4) is 0 Å². The van der Waals surface area contributed by atoms with Crippen LogP contribution in [0.2, 0.25) is 10.0 Å². The molecule has 2 heterocycles. The molecule has 0 unspecified atom stereocenters. The number of halogens is 2. The number of aliphatic hydroxyl groups is 1. The van der Waals surface area contributed by atoms with E-state index in [-0.39, 0.29) is 6.61 Å². The highest BCUT2D eigenvalue weighted by atomic mass is 35.5. The molecule has 0 aliphatic carbocycles. The van der Waals surface area contributed by atoms with Gasteiger partial charge in [-0.15, -0.1) is 10.2 Å². The fourth-order valence-corrected chi connectivity index (χ4v) is 3.25. The molecule has 0 saturated heterocycles. The van der Waals surface area contributed by atoms with Crippen LogP contribution in [0.5, 0.6) is 5.75 Å². The van der Waals surface area contributed by atoms with Gasteiger partial charge in [0.2, 0.25) is 0 Å². The first kappa shape index (κ1) is 16.4. The third kappa shape index (κ3) is 4.09. The topological polar surface area (TPSA) is 59.7 Å². The van der Waals surface area contributed by atoms with Crippen LogP contribution in [-0.2, 0) is 0 Å². The minimum Gasteiger partial charge on any atom is -0.491 e. The van der Waals surface area contributed by atoms with Crippen molar-refractivity contribution in [1.82, 2.24) is 14.6 Å². The zero-order chi connectivity index (χ0) is 16.2. The SMILES string of the molecule is O[C@H](COc1ccccc1)CSc1nnc2c(Cl)cc(Cl)cn12. The van der Waals surface area contributed by atoms with Crippen LogP contribution in [0.4, 0.5) is 0 Å². The Morgan fingerprint density at radius 3 is 2.78 bits per heavy atom. The zero-order valence-corrected chi connectivity index (χ0v) is 14.2. The van der Waals surface area contributed by atoms with Gasteiger partial charge in [-0.25, -0.2) is 0 Å². The van der Waals surface area contributed by atoms with Gasteiger partial charge in [0.05, 0.1) is 16.1 Å². The van der Waals surface area contributed by atoms with E-state index in [0.717, 1.165) is 5.75 Å². The van der Waals surface area contributed by atoms with Gasteiger partial charge in [-0.2, -0.15) is 0 Å². The van der Waals surface area contributed by atoms with Gasteiger partial charge in [-0.1, -0.05) is 53.2 Å². The van der Waals surface area contributed by atoms with Crippen molar-refractivity contribution in [3.8, 4) is 5.75 Å². The summed E-state index contributed by atoms with van der Waals surface area (Å²) in [5, 5.41) is 19.7. The Bertz CT molecular complexity index is 798. The van der Waals surface area contributed by atoms with Gasteiger partial charge in [-0.3, -0.25) is 4.40 Å². The Hall–Kier alpha value is -1.47. The fraction of sp³-hybridized carbons (Fsp3) is 0.200. The van der Waals surface area contributed by atoms with E-state index < -0.39 is 6.10 Å². The Kier molecular flexibility index (Phi) is 5.27. The molecule has 2 aromatic heterocycles. The summed E-state index contributed by atoms with van der Waals surface area (Å²) >= 11 is 13.4. The van der Waals surface area contributed by atoms with Crippen molar-refractivity contribution in [2.75, 3.05) is 12.4 Å². The summed E-state index contributed by atoms with van der Waals surface area (Å²) in [7, 11) is 0. The van der Waals surface area contributed by atoms with Gasteiger partial charge in [-0.05, 0) is 18.2 Å². The summed E-state index contributed by atoms with van der Waals surface area (Å²) in [4.78, 5) is 0. The minimum atomic E-state index is -0.637. The molecule has 0 fully saturated rings. The van der Waals surface area contributed by atoms with Crippen molar-refractivity contribution in [1.29, 1.82) is 0 Å². The number of thioether (sulfide) groups is 1. The van der Waals surface area contributed by atoms with E-state index in [0.29, 0.717) is 26.6 Å². The van der Waals surface area contributed by atoms with Gasteiger partial charge in [0, 0.05) is 11.9 Å². The van der Waals surface area contributed by atoms with Gasteiger partial charge >= 0.3 is 0 Å². The first-order chi connectivity index (χ1) is 11.1. The number of aliphatic hydroxyl groups excluding tert-OH is 1. The molecule has 23 heavy (non-hydrogen) atoms. The Morgan fingerprint density at radius 1 is 1.22 bits per heavy atom. The maximum atomic E-state index is 10.0. The molecule has 0 amide bonds. The minimum absolute atomic E-state index is 0.204. The number of aromatic nitrogens is 3. The highest BCUT2D eigenvalue weighted by molar-refractivity contribution is 7.99. The normalized spacial score (nSPS) is 12.5. The van der Waals surface area contributed by atoms with E-state index in [1.54, 1.807) is 16.7 Å². The lowest BCUT2D eigenvalue weighted by Crippen LogP contribution is -2.20. The average Bonchev–Trinajstić information content (AvgIpc) is 2.95. The summed E-state index contributed by atoms with van der Waals surface area (Å²) in [5.74, 6) is 1.14. The Morgan fingerprint density at radius 2 is 2.00 bits per heavy atom. The molecule has 8 heteroatoms. The van der Waals surface area contributed by atoms with Crippen molar-refractivity contribution < 1.29 is 9.84 Å². The molecule has 0 radical (unpaired) electrons. The van der Waals surface area contributed by atoms with E-state index in [2.05, 4.69) is 10.2 Å². The molecule has 0 bridgehead atoms. The second kappa shape index (κ2) is 7.40. The smallest absolute Gasteiger partial charge is 0.195 e. The average molecular weight is 370 g/mol. The van der Waals surface area contributed by atoms with Crippen molar-refractivity contribution in [2.45, 2.75) is 11.3 Å². The lowest BCUT2D eigenvalue weighted by atomic mass is 10.3. The van der Waals surface area contributed by atoms with Crippen LogP contribution < -0.4 is 4.74 Å². The maximum Gasteiger partial charge on any atom is 0.195 e. The number of fused-ring (bicyclic) bond motifs is 1. The molecule has 0 spiro atoms. The number of hydrogen-bond donors (Lipinski definition) is 1. The highest BCUT2D eigenvalue weighted by Crippen LogP contribution is 2.25. The van der Waals surface area contributed by atoms with Crippen LogP contribution in [-0.4, -0.2) is 38.2 Å². The molecule has 120 valence electrons. The number of benzene rings is 1. The number of hydrogen-bond acceptors (Lipinski definition) is 5. The fourth-order valence-electron chi connectivity index (χ4n) is 1.93. The molecule has 3 rings (SSSR count). The third-order valence-corrected chi connectivity index (χ3v) is 4.56. The molecular formula is C15H13Cl2N3O2S. The summed E-state index contributed by atoms with van der Waals surface area (Å²) < 4.78 is 7.22. The first-order valence-electron chi connectivity index (χ1n) is 6.82. The summed E-state index contributed by atoms with van der Waals surface area (Å²) in [6, 6.07) is 11.0. The van der Waals surface area contributed by atoms with Crippen LogP contribution in [0, 0.1) is 0 Å². The van der Waals surface area contributed by atoms with Gasteiger partial charge < -0.3 is 9.84 Å². The lowest BCUT2D eigenvalue weighted by molar-refractivity contribution is 0.126.